The minimum Gasteiger partial charge on any atom is -0.349 e. The van der Waals surface area contributed by atoms with Crippen molar-refractivity contribution < 1.29 is 42.5 Å². The fraction of sp³-hybridized carbons (Fsp3) is 0.583. The maximum Gasteiger partial charge on any atom is 0.469 e. The van der Waals surface area contributed by atoms with E-state index in [1.807, 2.05) is 6.92 Å². The van der Waals surface area contributed by atoms with E-state index in [1.54, 1.807) is 4.57 Å². The van der Waals surface area contributed by atoms with E-state index in [9.17, 15) is 9.13 Å². The van der Waals surface area contributed by atoms with Gasteiger partial charge < -0.3 is 24.3 Å². The summed E-state index contributed by atoms with van der Waals surface area (Å²) in [6, 6.07) is 0. The molecule has 13 nitrogen and oxygen atoms in total. The topological polar surface area (TPSA) is 186 Å². The molecule has 0 bridgehead atoms. The zero-order valence-corrected chi connectivity index (χ0v) is 15.8. The first-order chi connectivity index (χ1) is 12.6. The average molecular weight is 424 g/mol. The van der Waals surface area contributed by atoms with Gasteiger partial charge >= 0.3 is 15.6 Å². The van der Waals surface area contributed by atoms with Crippen LogP contribution in [0.3, 0.4) is 0 Å². The number of ether oxygens (including phenoxy) is 1. The minimum atomic E-state index is -4.86. The van der Waals surface area contributed by atoms with Gasteiger partial charge in [0, 0.05) is 6.42 Å². The third kappa shape index (κ3) is 4.96. The fourth-order valence-electron chi connectivity index (χ4n) is 2.85. The third-order valence-corrected chi connectivity index (χ3v) is 4.97. The Morgan fingerprint density at radius 2 is 1.96 bits per heavy atom. The predicted molar refractivity (Wildman–Crippen MR) is 88.1 cm³/mol. The monoisotopic (exact) mass is 424 g/mol. The van der Waals surface area contributed by atoms with Crippen molar-refractivity contribution in [2.45, 2.75) is 38.2 Å². The van der Waals surface area contributed by atoms with E-state index in [0.717, 1.165) is 5.69 Å². The van der Waals surface area contributed by atoms with E-state index in [1.165, 1.54) is 12.7 Å². The Labute approximate surface area is 152 Å². The fourth-order valence-corrected chi connectivity index (χ4v) is 3.76. The molecule has 0 saturated carbocycles. The van der Waals surface area contributed by atoms with Crippen molar-refractivity contribution >= 4 is 26.8 Å². The summed E-state index contributed by atoms with van der Waals surface area (Å²) >= 11 is 0. The Morgan fingerprint density at radius 3 is 2.59 bits per heavy atom. The maximum absolute atomic E-state index is 11.2. The molecule has 15 heteroatoms. The quantitative estimate of drug-likeness (QED) is 0.445. The van der Waals surface area contributed by atoms with Crippen LogP contribution >= 0.6 is 15.6 Å². The molecule has 0 radical (unpaired) electrons. The first kappa shape index (κ1) is 20.5. The smallest absolute Gasteiger partial charge is 0.349 e. The lowest BCUT2D eigenvalue weighted by atomic mass is 10.2. The number of phosphoric ester groups is 2. The lowest BCUT2D eigenvalue weighted by molar-refractivity contribution is -0.0417. The van der Waals surface area contributed by atoms with Crippen molar-refractivity contribution in [2.75, 3.05) is 6.61 Å². The molecule has 3 heterocycles. The molecule has 150 valence electrons. The summed E-state index contributed by atoms with van der Waals surface area (Å²) in [7, 11) is -9.66. The zero-order valence-electron chi connectivity index (χ0n) is 14.0. The van der Waals surface area contributed by atoms with Gasteiger partial charge in [0.1, 0.15) is 30.3 Å². The number of hydrogen-bond acceptors (Lipinski definition) is 8. The summed E-state index contributed by atoms with van der Waals surface area (Å²) < 4.78 is 38.5. The molecule has 0 amide bonds. The zero-order chi connectivity index (χ0) is 19.8. The van der Waals surface area contributed by atoms with Gasteiger partial charge in [-0.1, -0.05) is 6.92 Å². The van der Waals surface area contributed by atoms with Crippen LogP contribution in [0.25, 0.3) is 11.2 Å². The Bertz CT molecular complexity index is 909. The molecule has 3 rings (SSSR count). The molecule has 2 aromatic rings. The van der Waals surface area contributed by atoms with Crippen LogP contribution in [0.15, 0.2) is 12.7 Å². The van der Waals surface area contributed by atoms with Gasteiger partial charge in [0.2, 0.25) is 0 Å². The van der Waals surface area contributed by atoms with Crippen LogP contribution in [-0.4, -0.2) is 57.9 Å². The van der Waals surface area contributed by atoms with Gasteiger partial charge in [0.05, 0.1) is 18.6 Å². The molecule has 1 saturated heterocycles. The van der Waals surface area contributed by atoms with Crippen LogP contribution in [0.2, 0.25) is 0 Å². The largest absolute Gasteiger partial charge is 0.469 e. The summed E-state index contributed by atoms with van der Waals surface area (Å²) in [5, 5.41) is 0. The summed E-state index contributed by atoms with van der Waals surface area (Å²) in [5.41, 5.74) is 1.74. The molecule has 1 aliphatic rings. The molecular weight excluding hydrogens is 406 g/mol. The molecule has 0 aromatic carbocycles. The highest BCUT2D eigenvalue weighted by Crippen LogP contribution is 2.45. The highest BCUT2D eigenvalue weighted by Gasteiger charge is 2.42. The maximum atomic E-state index is 11.2. The number of phosphoric acid groups is 2. The number of fused-ring (bicyclic) bond motifs is 1. The third-order valence-electron chi connectivity index (χ3n) is 3.94. The lowest BCUT2D eigenvalue weighted by Gasteiger charge is -2.19. The van der Waals surface area contributed by atoms with Crippen molar-refractivity contribution in [3.05, 3.63) is 18.3 Å². The molecule has 4 N–H and O–H groups in total. The normalized spacial score (nSPS) is 24.0. The van der Waals surface area contributed by atoms with Gasteiger partial charge in [-0.05, 0) is 6.42 Å². The van der Waals surface area contributed by atoms with E-state index in [2.05, 4.69) is 19.5 Å². The number of aryl methyl sites for hydroxylation is 1. The lowest BCUT2D eigenvalue weighted by Crippen LogP contribution is -2.28. The first-order valence-corrected chi connectivity index (χ1v) is 10.9. The molecule has 0 aliphatic carbocycles. The van der Waals surface area contributed by atoms with Crippen LogP contribution in [0.5, 0.6) is 0 Å². The molecule has 2 aromatic heterocycles. The first-order valence-electron chi connectivity index (χ1n) is 7.83. The highest BCUT2D eigenvalue weighted by molar-refractivity contribution is 7.46. The van der Waals surface area contributed by atoms with Gasteiger partial charge in [-0.15, -0.1) is 0 Å². The Balaban J connectivity index is 1.86. The molecule has 0 spiro atoms. The summed E-state index contributed by atoms with van der Waals surface area (Å²) in [5.74, 6) is 0. The van der Waals surface area contributed by atoms with Crippen molar-refractivity contribution in [3.8, 4) is 0 Å². The van der Waals surface area contributed by atoms with E-state index < -0.39 is 40.7 Å². The van der Waals surface area contributed by atoms with Gasteiger partial charge in [-0.25, -0.2) is 24.1 Å². The standard InChI is InChI=1S/C12H18N4O9P2/c1-2-7-11-12(14-5-13-7)16(6-15-11)10-3-8(25-27(20,21)22)9(24-10)4-23-26(17,18)19/h5-6,8-10H,2-4H2,1H3,(H2,17,18,19)(H2,20,21,22)/t8-,9+,10?/m0/s1. The Morgan fingerprint density at radius 1 is 1.22 bits per heavy atom. The molecule has 1 fully saturated rings. The molecular formula is C12H18N4O9P2. The van der Waals surface area contributed by atoms with Gasteiger partial charge in [0.25, 0.3) is 0 Å². The van der Waals surface area contributed by atoms with E-state index in [0.29, 0.717) is 17.6 Å². The van der Waals surface area contributed by atoms with Crippen LogP contribution in [-0.2, 0) is 29.3 Å². The van der Waals surface area contributed by atoms with Crippen molar-refractivity contribution in [3.63, 3.8) is 0 Å². The van der Waals surface area contributed by atoms with Crippen LogP contribution < -0.4 is 0 Å². The Hall–Kier alpha value is -1.27. The number of hydrogen-bond donors (Lipinski definition) is 4. The molecule has 1 aliphatic heterocycles. The summed E-state index contributed by atoms with van der Waals surface area (Å²) in [6.45, 7) is 1.29. The second-order valence-electron chi connectivity index (χ2n) is 5.78. The number of aromatic nitrogens is 4. The summed E-state index contributed by atoms with van der Waals surface area (Å²) in [4.78, 5) is 48.4. The number of nitrogens with zero attached hydrogens (tertiary/aromatic N) is 4. The summed E-state index contributed by atoms with van der Waals surface area (Å²) in [6.07, 6.45) is 0.363. The van der Waals surface area contributed by atoms with Gasteiger partial charge in [-0.2, -0.15) is 0 Å². The van der Waals surface area contributed by atoms with Crippen LogP contribution in [0.1, 0.15) is 25.3 Å². The Kier molecular flexibility index (Phi) is 5.78. The van der Waals surface area contributed by atoms with E-state index in [-0.39, 0.29) is 6.42 Å². The SMILES string of the molecule is CCc1ncnc2c1ncn2C1C[C@H](OP(=O)(O)O)[C@@H](COP(=O)(O)O)O1. The van der Waals surface area contributed by atoms with Crippen molar-refractivity contribution in [1.82, 2.24) is 19.5 Å². The van der Waals surface area contributed by atoms with Crippen LogP contribution in [0, 0.1) is 0 Å². The minimum absolute atomic E-state index is 0.0167. The van der Waals surface area contributed by atoms with Gasteiger partial charge in [0.15, 0.2) is 5.65 Å². The van der Waals surface area contributed by atoms with E-state index in [4.69, 9.17) is 28.8 Å². The van der Waals surface area contributed by atoms with Crippen molar-refractivity contribution in [1.29, 1.82) is 0 Å². The molecule has 27 heavy (non-hydrogen) atoms. The van der Waals surface area contributed by atoms with Crippen molar-refractivity contribution in [2.24, 2.45) is 0 Å². The van der Waals surface area contributed by atoms with E-state index >= 15 is 0 Å². The number of rotatable bonds is 7. The second-order valence-corrected chi connectivity index (χ2v) is 8.21. The average Bonchev–Trinajstić information content (AvgIpc) is 3.14. The number of imidazole rings is 1. The predicted octanol–water partition coefficient (Wildman–Crippen LogP) is 0.263. The second kappa shape index (κ2) is 7.63. The molecule has 3 atom stereocenters. The highest BCUT2D eigenvalue weighted by atomic mass is 31.2. The van der Waals surface area contributed by atoms with Crippen LogP contribution in [0.4, 0.5) is 0 Å². The van der Waals surface area contributed by atoms with Gasteiger partial charge in [-0.3, -0.25) is 13.6 Å². The molecule has 1 unspecified atom stereocenters.